The lowest BCUT2D eigenvalue weighted by molar-refractivity contribution is -0.140. The molecule has 0 heterocycles. The molecule has 0 amide bonds. The van der Waals surface area contributed by atoms with Crippen molar-refractivity contribution in [3.05, 3.63) is 0 Å². The molecule has 2 nitrogen and oxygen atoms in total. The molecule has 0 aromatic rings. The Kier molecular flexibility index (Phi) is 9.84. The number of ether oxygens (including phenoxy) is 1. The van der Waals surface area contributed by atoms with Crippen molar-refractivity contribution in [1.82, 2.24) is 0 Å². The molecule has 0 saturated heterocycles. The lowest BCUT2D eigenvalue weighted by Crippen LogP contribution is -1.99. The highest BCUT2D eigenvalue weighted by Crippen LogP contribution is 2.29. The van der Waals surface area contributed by atoms with E-state index in [4.69, 9.17) is 0 Å². The van der Waals surface area contributed by atoms with Gasteiger partial charge < -0.3 is 4.74 Å². The van der Waals surface area contributed by atoms with Crippen LogP contribution in [-0.4, -0.2) is 13.1 Å². The van der Waals surface area contributed by atoms with Crippen molar-refractivity contribution in [1.29, 1.82) is 0 Å². The SMILES string of the molecule is COC(=O)CCCCCCCCCCC1CCCC1. The van der Waals surface area contributed by atoms with Crippen LogP contribution in [0.3, 0.4) is 0 Å². The molecule has 0 N–H and O–H groups in total. The summed E-state index contributed by atoms with van der Waals surface area (Å²) in [7, 11) is 1.47. The summed E-state index contributed by atoms with van der Waals surface area (Å²) in [5.41, 5.74) is 0. The minimum atomic E-state index is -0.0630. The third-order valence-corrected chi connectivity index (χ3v) is 4.45. The Bertz CT molecular complexity index is 219. The third kappa shape index (κ3) is 9.07. The first-order chi connectivity index (χ1) is 9.33. The third-order valence-electron chi connectivity index (χ3n) is 4.45. The zero-order chi connectivity index (χ0) is 13.8. The fraction of sp³-hybridized carbons (Fsp3) is 0.941. The molecular weight excluding hydrogens is 236 g/mol. The zero-order valence-electron chi connectivity index (χ0n) is 12.8. The molecule has 1 rings (SSSR count). The van der Waals surface area contributed by atoms with Crippen molar-refractivity contribution in [2.24, 2.45) is 5.92 Å². The predicted molar refractivity (Wildman–Crippen MR) is 80.1 cm³/mol. The number of unbranched alkanes of at least 4 members (excludes halogenated alkanes) is 7. The topological polar surface area (TPSA) is 26.3 Å². The van der Waals surface area contributed by atoms with Crippen LogP contribution in [-0.2, 0) is 9.53 Å². The van der Waals surface area contributed by atoms with E-state index in [1.807, 2.05) is 0 Å². The molecule has 0 unspecified atom stereocenters. The van der Waals surface area contributed by atoms with E-state index in [-0.39, 0.29) is 5.97 Å². The maximum atomic E-state index is 10.9. The van der Waals surface area contributed by atoms with Crippen molar-refractivity contribution in [3.8, 4) is 0 Å². The molecule has 0 aliphatic heterocycles. The first-order valence-corrected chi connectivity index (χ1v) is 8.39. The largest absolute Gasteiger partial charge is 0.469 e. The maximum absolute atomic E-state index is 10.9. The van der Waals surface area contributed by atoms with Crippen LogP contribution in [0.1, 0.15) is 89.9 Å². The molecule has 19 heavy (non-hydrogen) atoms. The summed E-state index contributed by atoms with van der Waals surface area (Å²) in [6, 6.07) is 0. The monoisotopic (exact) mass is 268 g/mol. The summed E-state index contributed by atoms with van der Waals surface area (Å²) >= 11 is 0. The lowest BCUT2D eigenvalue weighted by Gasteiger charge is -2.07. The fourth-order valence-corrected chi connectivity index (χ4v) is 3.16. The molecule has 0 spiro atoms. The Hall–Kier alpha value is -0.530. The van der Waals surface area contributed by atoms with Gasteiger partial charge in [-0.15, -0.1) is 0 Å². The normalized spacial score (nSPS) is 15.8. The Morgan fingerprint density at radius 2 is 1.42 bits per heavy atom. The van der Waals surface area contributed by atoms with E-state index in [9.17, 15) is 4.79 Å². The van der Waals surface area contributed by atoms with E-state index >= 15 is 0 Å². The van der Waals surface area contributed by atoms with E-state index < -0.39 is 0 Å². The van der Waals surface area contributed by atoms with Gasteiger partial charge in [0.2, 0.25) is 0 Å². The highest BCUT2D eigenvalue weighted by molar-refractivity contribution is 5.68. The first kappa shape index (κ1) is 16.5. The molecule has 0 aromatic heterocycles. The summed E-state index contributed by atoms with van der Waals surface area (Å²) in [6.07, 6.45) is 18.5. The van der Waals surface area contributed by atoms with Gasteiger partial charge >= 0.3 is 5.97 Å². The van der Waals surface area contributed by atoms with Gasteiger partial charge in [0.25, 0.3) is 0 Å². The molecule has 0 atom stereocenters. The number of hydrogen-bond acceptors (Lipinski definition) is 2. The van der Waals surface area contributed by atoms with Crippen LogP contribution in [0.25, 0.3) is 0 Å². The molecule has 0 radical (unpaired) electrons. The van der Waals surface area contributed by atoms with Crippen molar-refractivity contribution < 1.29 is 9.53 Å². The standard InChI is InChI=1S/C17H32O2/c1-19-17(18)15-9-7-5-3-2-4-6-8-12-16-13-10-11-14-16/h16H,2-15H2,1H3. The number of hydrogen-bond donors (Lipinski definition) is 0. The number of methoxy groups -OCH3 is 1. The quantitative estimate of drug-likeness (QED) is 0.378. The summed E-state index contributed by atoms with van der Waals surface area (Å²) in [4.78, 5) is 10.9. The molecule has 112 valence electrons. The van der Waals surface area contributed by atoms with Crippen molar-refractivity contribution in [2.75, 3.05) is 7.11 Å². The number of carbonyl (C=O) groups is 1. The van der Waals surface area contributed by atoms with Crippen molar-refractivity contribution >= 4 is 5.97 Å². The van der Waals surface area contributed by atoms with E-state index in [2.05, 4.69) is 4.74 Å². The summed E-state index contributed by atoms with van der Waals surface area (Å²) in [5, 5.41) is 0. The van der Waals surface area contributed by atoms with Crippen LogP contribution in [0, 0.1) is 5.92 Å². The molecule has 0 bridgehead atoms. The molecule has 0 aromatic carbocycles. The number of esters is 1. The second-order valence-corrected chi connectivity index (χ2v) is 6.09. The minimum absolute atomic E-state index is 0.0630. The van der Waals surface area contributed by atoms with Gasteiger partial charge in [0.15, 0.2) is 0 Å². The summed E-state index contributed by atoms with van der Waals surface area (Å²) < 4.78 is 4.63. The van der Waals surface area contributed by atoms with Gasteiger partial charge in [-0.05, 0) is 12.3 Å². The van der Waals surface area contributed by atoms with Crippen molar-refractivity contribution in [3.63, 3.8) is 0 Å². The highest BCUT2D eigenvalue weighted by atomic mass is 16.5. The molecule has 2 heteroatoms. The molecule has 1 aliphatic carbocycles. The first-order valence-electron chi connectivity index (χ1n) is 8.39. The van der Waals surface area contributed by atoms with Crippen LogP contribution >= 0.6 is 0 Å². The van der Waals surface area contributed by atoms with Gasteiger partial charge in [0, 0.05) is 6.42 Å². The van der Waals surface area contributed by atoms with Crippen LogP contribution in [0.15, 0.2) is 0 Å². The Morgan fingerprint density at radius 3 is 2.00 bits per heavy atom. The Morgan fingerprint density at radius 1 is 0.895 bits per heavy atom. The Balaban J connectivity index is 1.72. The molecule has 1 aliphatic rings. The van der Waals surface area contributed by atoms with E-state index in [1.54, 1.807) is 0 Å². The van der Waals surface area contributed by atoms with Crippen LogP contribution < -0.4 is 0 Å². The maximum Gasteiger partial charge on any atom is 0.305 e. The second kappa shape index (κ2) is 11.3. The molecule has 1 saturated carbocycles. The average molecular weight is 268 g/mol. The molecular formula is C17H32O2. The van der Waals surface area contributed by atoms with Gasteiger partial charge in [-0.3, -0.25) is 4.79 Å². The van der Waals surface area contributed by atoms with Gasteiger partial charge in [-0.1, -0.05) is 77.0 Å². The van der Waals surface area contributed by atoms with Gasteiger partial charge in [0.1, 0.15) is 0 Å². The van der Waals surface area contributed by atoms with E-state index in [0.29, 0.717) is 6.42 Å². The van der Waals surface area contributed by atoms with E-state index in [1.165, 1.54) is 84.2 Å². The Labute approximate surface area is 119 Å². The minimum Gasteiger partial charge on any atom is -0.469 e. The van der Waals surface area contributed by atoms with Crippen LogP contribution in [0.5, 0.6) is 0 Å². The van der Waals surface area contributed by atoms with Gasteiger partial charge in [-0.2, -0.15) is 0 Å². The predicted octanol–water partition coefficient (Wildman–Crippen LogP) is 5.25. The van der Waals surface area contributed by atoms with Gasteiger partial charge in [-0.25, -0.2) is 0 Å². The number of rotatable bonds is 11. The van der Waals surface area contributed by atoms with Crippen molar-refractivity contribution in [2.45, 2.75) is 89.9 Å². The van der Waals surface area contributed by atoms with E-state index in [0.717, 1.165) is 12.3 Å². The number of carbonyl (C=O) groups excluding carboxylic acids is 1. The van der Waals surface area contributed by atoms with Crippen LogP contribution in [0.4, 0.5) is 0 Å². The zero-order valence-corrected chi connectivity index (χ0v) is 12.8. The van der Waals surface area contributed by atoms with Gasteiger partial charge in [0.05, 0.1) is 7.11 Å². The second-order valence-electron chi connectivity index (χ2n) is 6.09. The average Bonchev–Trinajstić information content (AvgIpc) is 2.93. The summed E-state index contributed by atoms with van der Waals surface area (Å²) in [5.74, 6) is 1.00. The molecule has 1 fully saturated rings. The summed E-state index contributed by atoms with van der Waals surface area (Å²) in [6.45, 7) is 0. The highest BCUT2D eigenvalue weighted by Gasteiger charge is 2.13. The fourth-order valence-electron chi connectivity index (χ4n) is 3.16. The smallest absolute Gasteiger partial charge is 0.305 e. The van der Waals surface area contributed by atoms with Crippen LogP contribution in [0.2, 0.25) is 0 Å². The lowest BCUT2D eigenvalue weighted by atomic mass is 9.99.